The molecular weight excluding hydrogens is 270 g/mol. The van der Waals surface area contributed by atoms with Gasteiger partial charge in [-0.05, 0) is 25.5 Å². The summed E-state index contributed by atoms with van der Waals surface area (Å²) in [6, 6.07) is 3.50. The molecule has 0 fully saturated rings. The van der Waals surface area contributed by atoms with E-state index in [9.17, 15) is 4.79 Å². The van der Waals surface area contributed by atoms with E-state index in [1.807, 2.05) is 6.07 Å². The molecule has 0 aliphatic carbocycles. The molecule has 1 aromatic carbocycles. The molecule has 0 N–H and O–H groups in total. The van der Waals surface area contributed by atoms with Crippen LogP contribution in [-0.2, 0) is 11.3 Å². The average molecular weight is 291 g/mol. The summed E-state index contributed by atoms with van der Waals surface area (Å²) in [5.41, 5.74) is 1.25. The first-order valence-corrected chi connectivity index (χ1v) is 6.99. The maximum atomic E-state index is 11.7. The summed E-state index contributed by atoms with van der Waals surface area (Å²) in [6.07, 6.45) is 1.05. The van der Waals surface area contributed by atoms with E-state index in [0.29, 0.717) is 30.3 Å². The third-order valence-electron chi connectivity index (χ3n) is 3.26. The van der Waals surface area contributed by atoms with Crippen molar-refractivity contribution in [1.82, 2.24) is 4.90 Å². The highest BCUT2D eigenvalue weighted by Gasteiger charge is 2.24. The number of nitrogens with zero attached hydrogens (tertiary/aromatic N) is 1. The maximum absolute atomic E-state index is 11.7. The third-order valence-corrected chi connectivity index (χ3v) is 3.26. The fourth-order valence-corrected chi connectivity index (χ4v) is 2.25. The van der Waals surface area contributed by atoms with Gasteiger partial charge in [0.1, 0.15) is 12.5 Å². The molecule has 0 amide bonds. The number of rotatable bonds is 5. The van der Waals surface area contributed by atoms with Gasteiger partial charge in [0.15, 0.2) is 11.5 Å². The highest BCUT2D eigenvalue weighted by atomic mass is 16.6. The van der Waals surface area contributed by atoms with Crippen LogP contribution in [0.4, 0.5) is 0 Å². The predicted molar refractivity (Wildman–Crippen MR) is 79.6 cm³/mol. The van der Waals surface area contributed by atoms with Crippen LogP contribution >= 0.6 is 0 Å². The summed E-state index contributed by atoms with van der Waals surface area (Å²) < 4.78 is 16.5. The van der Waals surface area contributed by atoms with Gasteiger partial charge in [0.25, 0.3) is 0 Å². The number of hydrogen-bond acceptors (Lipinski definition) is 5. The van der Waals surface area contributed by atoms with E-state index in [0.717, 1.165) is 24.3 Å². The fraction of sp³-hybridized carbons (Fsp3) is 0.438. The minimum atomic E-state index is -0.463. The van der Waals surface area contributed by atoms with Gasteiger partial charge >= 0.3 is 5.97 Å². The van der Waals surface area contributed by atoms with Crippen molar-refractivity contribution in [1.29, 1.82) is 0 Å². The van der Waals surface area contributed by atoms with Crippen LogP contribution in [0, 0.1) is 0 Å². The van der Waals surface area contributed by atoms with Gasteiger partial charge < -0.3 is 14.2 Å². The highest BCUT2D eigenvalue weighted by molar-refractivity contribution is 5.89. The summed E-state index contributed by atoms with van der Waals surface area (Å²) in [5, 5.41) is 0. The highest BCUT2D eigenvalue weighted by Crippen LogP contribution is 2.40. The van der Waals surface area contributed by atoms with Gasteiger partial charge in [-0.2, -0.15) is 0 Å². The monoisotopic (exact) mass is 291 g/mol. The van der Waals surface area contributed by atoms with Gasteiger partial charge in [0, 0.05) is 18.7 Å². The van der Waals surface area contributed by atoms with E-state index in [1.54, 1.807) is 20.1 Å². The Morgan fingerprint density at radius 1 is 1.48 bits per heavy atom. The van der Waals surface area contributed by atoms with E-state index < -0.39 is 5.97 Å². The summed E-state index contributed by atoms with van der Waals surface area (Å²) in [7, 11) is 1.56. The molecule has 0 aromatic heterocycles. The molecule has 0 atom stereocenters. The number of methoxy groups -OCH3 is 1. The second-order valence-corrected chi connectivity index (χ2v) is 5.07. The molecule has 21 heavy (non-hydrogen) atoms. The summed E-state index contributed by atoms with van der Waals surface area (Å²) >= 11 is 0. The molecule has 1 aliphatic heterocycles. The number of esters is 1. The summed E-state index contributed by atoms with van der Waals surface area (Å²) in [4.78, 5) is 13.9. The first kappa shape index (κ1) is 15.4. The molecule has 1 aliphatic rings. The van der Waals surface area contributed by atoms with Crippen LogP contribution in [0.2, 0.25) is 0 Å². The standard InChI is InChI=1S/C16H21NO4/c1-5-8-17-9-12-13(20-10-17)6-7-14(15(12)19-4)21-16(18)11(2)3/h6-7H,2,5,8-10H2,1,3-4H3. The zero-order valence-corrected chi connectivity index (χ0v) is 12.8. The zero-order valence-electron chi connectivity index (χ0n) is 12.8. The van der Waals surface area contributed by atoms with Gasteiger partial charge in [-0.15, -0.1) is 0 Å². The van der Waals surface area contributed by atoms with Gasteiger partial charge in [-0.3, -0.25) is 4.90 Å². The molecule has 5 nitrogen and oxygen atoms in total. The van der Waals surface area contributed by atoms with E-state index >= 15 is 0 Å². The molecule has 0 saturated heterocycles. The van der Waals surface area contributed by atoms with Crippen LogP contribution < -0.4 is 14.2 Å². The van der Waals surface area contributed by atoms with Crippen LogP contribution in [-0.4, -0.2) is 31.3 Å². The Labute approximate surface area is 125 Å². The van der Waals surface area contributed by atoms with Gasteiger partial charge in [0.2, 0.25) is 0 Å². The van der Waals surface area contributed by atoms with Gasteiger partial charge in [0.05, 0.1) is 12.7 Å². The lowest BCUT2D eigenvalue weighted by Gasteiger charge is -2.30. The molecular formula is C16H21NO4. The van der Waals surface area contributed by atoms with Crippen molar-refractivity contribution in [2.24, 2.45) is 0 Å². The number of benzene rings is 1. The average Bonchev–Trinajstić information content (AvgIpc) is 2.47. The van der Waals surface area contributed by atoms with Crippen LogP contribution in [0.25, 0.3) is 0 Å². The lowest BCUT2D eigenvalue weighted by atomic mass is 10.1. The molecule has 0 bridgehead atoms. The van der Waals surface area contributed by atoms with Crippen molar-refractivity contribution in [3.05, 3.63) is 29.8 Å². The largest absolute Gasteiger partial charge is 0.492 e. The number of ether oxygens (including phenoxy) is 3. The Morgan fingerprint density at radius 2 is 2.24 bits per heavy atom. The predicted octanol–water partition coefficient (Wildman–Crippen LogP) is 2.74. The van der Waals surface area contributed by atoms with E-state index in [4.69, 9.17) is 14.2 Å². The first-order chi connectivity index (χ1) is 10.1. The van der Waals surface area contributed by atoms with Crippen LogP contribution in [0.5, 0.6) is 17.2 Å². The lowest BCUT2D eigenvalue weighted by molar-refractivity contribution is -0.130. The minimum Gasteiger partial charge on any atom is -0.492 e. The topological polar surface area (TPSA) is 48.0 Å². The molecule has 114 valence electrons. The van der Waals surface area contributed by atoms with Crippen molar-refractivity contribution in [2.45, 2.75) is 26.8 Å². The fourth-order valence-electron chi connectivity index (χ4n) is 2.25. The number of carbonyl (C=O) groups excluding carboxylic acids is 1. The van der Waals surface area contributed by atoms with Crippen LogP contribution in [0.3, 0.4) is 0 Å². The lowest BCUT2D eigenvalue weighted by Crippen LogP contribution is -2.32. The molecule has 0 spiro atoms. The Bertz CT molecular complexity index is 553. The molecule has 0 saturated carbocycles. The van der Waals surface area contributed by atoms with Crippen molar-refractivity contribution < 1.29 is 19.0 Å². The maximum Gasteiger partial charge on any atom is 0.338 e. The van der Waals surface area contributed by atoms with Crippen molar-refractivity contribution in [3.63, 3.8) is 0 Å². The van der Waals surface area contributed by atoms with E-state index in [1.165, 1.54) is 0 Å². The van der Waals surface area contributed by atoms with Crippen molar-refractivity contribution in [2.75, 3.05) is 20.4 Å². The molecule has 5 heteroatoms. The number of carbonyl (C=O) groups is 1. The van der Waals surface area contributed by atoms with Crippen molar-refractivity contribution in [3.8, 4) is 17.2 Å². The third kappa shape index (κ3) is 3.36. The Morgan fingerprint density at radius 3 is 2.86 bits per heavy atom. The minimum absolute atomic E-state index is 0.346. The van der Waals surface area contributed by atoms with Gasteiger partial charge in [-0.25, -0.2) is 4.79 Å². The summed E-state index contributed by atoms with van der Waals surface area (Å²) in [5.74, 6) is 1.25. The van der Waals surface area contributed by atoms with E-state index in [-0.39, 0.29) is 0 Å². The smallest absolute Gasteiger partial charge is 0.338 e. The Kier molecular flexibility index (Phi) is 4.85. The zero-order chi connectivity index (χ0) is 15.4. The first-order valence-electron chi connectivity index (χ1n) is 6.99. The van der Waals surface area contributed by atoms with E-state index in [2.05, 4.69) is 18.4 Å². The molecule has 1 heterocycles. The molecule has 0 unspecified atom stereocenters. The van der Waals surface area contributed by atoms with Gasteiger partial charge in [-0.1, -0.05) is 13.5 Å². The Hall–Kier alpha value is -2.01. The number of hydrogen-bond donors (Lipinski definition) is 0. The Balaban J connectivity index is 2.31. The SMILES string of the molecule is C=C(C)C(=O)Oc1ccc2c(c1OC)CN(CCC)CO2. The molecule has 2 rings (SSSR count). The molecule has 1 aromatic rings. The number of fused-ring (bicyclic) bond motifs is 1. The summed E-state index contributed by atoms with van der Waals surface area (Å²) in [6.45, 7) is 9.54. The second-order valence-electron chi connectivity index (χ2n) is 5.07. The van der Waals surface area contributed by atoms with Crippen LogP contribution in [0.1, 0.15) is 25.8 Å². The quantitative estimate of drug-likeness (QED) is 0.474. The second kappa shape index (κ2) is 6.63. The van der Waals surface area contributed by atoms with Crippen LogP contribution in [0.15, 0.2) is 24.3 Å². The normalized spacial score (nSPS) is 14.0. The van der Waals surface area contributed by atoms with Crippen molar-refractivity contribution >= 4 is 5.97 Å². The molecule has 0 radical (unpaired) electrons.